The van der Waals surface area contributed by atoms with Gasteiger partial charge in [0.2, 0.25) is 15.0 Å². The lowest BCUT2D eigenvalue weighted by Gasteiger charge is -2.02. The molecule has 0 spiro atoms. The number of aromatic hydroxyl groups is 1. The molecule has 8 nitrogen and oxygen atoms in total. The Morgan fingerprint density at radius 1 is 1.38 bits per heavy atom. The molecule has 0 fully saturated rings. The minimum absolute atomic E-state index is 0.0100. The average Bonchev–Trinajstić information content (AvgIpc) is 3.02. The molecule has 0 aliphatic rings. The molecule has 0 atom stereocenters. The minimum Gasteiger partial charge on any atom is -0.508 e. The van der Waals surface area contributed by atoms with Gasteiger partial charge in [-0.1, -0.05) is 26.0 Å². The molecule has 1 aromatic heterocycles. The molecule has 26 heavy (non-hydrogen) atoms. The van der Waals surface area contributed by atoms with Gasteiger partial charge in [-0.05, 0) is 29.7 Å². The molecule has 10 heteroatoms. The van der Waals surface area contributed by atoms with Gasteiger partial charge in [-0.15, -0.1) is 0 Å². The second-order valence-corrected chi connectivity index (χ2v) is 8.45. The number of rotatable bonds is 6. The number of nitrogens with one attached hydrogen (secondary N) is 1. The van der Waals surface area contributed by atoms with Crippen molar-refractivity contribution in [2.24, 2.45) is 5.92 Å². The monoisotopic (exact) mass is 392 g/mol. The summed E-state index contributed by atoms with van der Waals surface area (Å²) in [6.45, 7) is 3.53. The molecule has 0 bridgehead atoms. The number of nitrogens with zero attached hydrogens (tertiary/aromatic N) is 3. The number of amides is 1. The Balaban J connectivity index is 2.16. The van der Waals surface area contributed by atoms with Gasteiger partial charge in [-0.2, -0.15) is 14.6 Å². The fourth-order valence-corrected chi connectivity index (χ4v) is 4.30. The summed E-state index contributed by atoms with van der Waals surface area (Å²) in [5.41, 5.74) is 0.351. The highest BCUT2D eigenvalue weighted by Crippen LogP contribution is 2.19. The van der Waals surface area contributed by atoms with Crippen molar-refractivity contribution in [1.29, 1.82) is 5.26 Å². The fraction of sp³-hybridized carbons (Fsp3) is 0.250. The van der Waals surface area contributed by atoms with Crippen molar-refractivity contribution in [2.45, 2.75) is 19.0 Å². The maximum absolute atomic E-state index is 12.2. The van der Waals surface area contributed by atoms with Gasteiger partial charge in [0.25, 0.3) is 11.1 Å². The molecule has 2 rings (SSSR count). The normalized spacial score (nSPS) is 12.0. The maximum Gasteiger partial charge on any atom is 0.268 e. The van der Waals surface area contributed by atoms with Gasteiger partial charge in [0.15, 0.2) is 0 Å². The van der Waals surface area contributed by atoms with E-state index in [0.29, 0.717) is 5.56 Å². The standard InChI is InChI=1S/C16H16N4O4S2/c1-10(2)9-26(23,24)16-19-15(25-20-16)18-14(22)12(8-17)7-11-3-5-13(21)6-4-11/h3-7,10,21H,9H2,1-2H3,(H,18,19,20,22)/b12-7-. The van der Waals surface area contributed by atoms with Crippen LogP contribution < -0.4 is 5.32 Å². The minimum atomic E-state index is -3.62. The zero-order valence-corrected chi connectivity index (χ0v) is 15.6. The number of phenolic OH excluding ortho intramolecular Hbond substituents is 1. The van der Waals surface area contributed by atoms with Gasteiger partial charge >= 0.3 is 0 Å². The van der Waals surface area contributed by atoms with Crippen LogP contribution in [0, 0.1) is 17.2 Å². The summed E-state index contributed by atoms with van der Waals surface area (Å²) in [5.74, 6) is -0.847. The third-order valence-corrected chi connectivity index (χ3v) is 5.62. The predicted octanol–water partition coefficient (Wildman–Crippen LogP) is 2.22. The van der Waals surface area contributed by atoms with Gasteiger partial charge in [0.1, 0.15) is 17.4 Å². The molecule has 0 saturated carbocycles. The molecular weight excluding hydrogens is 376 g/mol. The number of hydrogen-bond acceptors (Lipinski definition) is 8. The second kappa shape index (κ2) is 8.07. The Morgan fingerprint density at radius 3 is 2.62 bits per heavy atom. The Hall–Kier alpha value is -2.77. The average molecular weight is 392 g/mol. The first-order valence-electron chi connectivity index (χ1n) is 7.50. The first kappa shape index (κ1) is 19.6. The summed E-state index contributed by atoms with van der Waals surface area (Å²) < 4.78 is 27.9. The van der Waals surface area contributed by atoms with Crippen molar-refractivity contribution in [3.05, 3.63) is 35.4 Å². The van der Waals surface area contributed by atoms with E-state index in [2.05, 4.69) is 14.7 Å². The van der Waals surface area contributed by atoms with Gasteiger partial charge in [-0.3, -0.25) is 10.1 Å². The van der Waals surface area contributed by atoms with Crippen molar-refractivity contribution in [3.63, 3.8) is 0 Å². The van der Waals surface area contributed by atoms with Crippen LogP contribution >= 0.6 is 11.5 Å². The molecule has 0 radical (unpaired) electrons. The van der Waals surface area contributed by atoms with Crippen LogP contribution in [0.5, 0.6) is 5.75 Å². The highest BCUT2D eigenvalue weighted by molar-refractivity contribution is 7.91. The molecule has 2 aromatic rings. The van der Waals surface area contributed by atoms with Gasteiger partial charge in [-0.25, -0.2) is 8.42 Å². The van der Waals surface area contributed by atoms with E-state index in [9.17, 15) is 18.3 Å². The number of carbonyl (C=O) groups is 1. The maximum atomic E-state index is 12.2. The Labute approximate surface area is 154 Å². The number of carbonyl (C=O) groups excluding carboxylic acids is 1. The zero-order chi connectivity index (χ0) is 19.3. The van der Waals surface area contributed by atoms with E-state index in [-0.39, 0.29) is 33.3 Å². The number of aromatic nitrogens is 2. The van der Waals surface area contributed by atoms with Crippen molar-refractivity contribution >= 4 is 38.5 Å². The predicted molar refractivity (Wildman–Crippen MR) is 97.1 cm³/mol. The van der Waals surface area contributed by atoms with Crippen LogP contribution in [0.3, 0.4) is 0 Å². The number of anilines is 1. The van der Waals surface area contributed by atoms with E-state index in [1.165, 1.54) is 18.2 Å². The number of phenols is 1. The summed E-state index contributed by atoms with van der Waals surface area (Å²) in [5, 5.41) is 20.4. The first-order valence-corrected chi connectivity index (χ1v) is 9.92. The van der Waals surface area contributed by atoms with Crippen LogP contribution in [-0.4, -0.2) is 34.5 Å². The molecule has 1 heterocycles. The van der Waals surface area contributed by atoms with Gasteiger partial charge in [0, 0.05) is 11.5 Å². The van der Waals surface area contributed by atoms with E-state index in [1.807, 2.05) is 0 Å². The van der Waals surface area contributed by atoms with E-state index >= 15 is 0 Å². The number of benzene rings is 1. The molecule has 2 N–H and O–H groups in total. The lowest BCUT2D eigenvalue weighted by Crippen LogP contribution is -2.15. The highest BCUT2D eigenvalue weighted by atomic mass is 32.2. The third-order valence-electron chi connectivity index (χ3n) is 3.03. The van der Waals surface area contributed by atoms with E-state index in [4.69, 9.17) is 5.26 Å². The van der Waals surface area contributed by atoms with Gasteiger partial charge in [0.05, 0.1) is 5.75 Å². The van der Waals surface area contributed by atoms with E-state index < -0.39 is 15.7 Å². The summed E-state index contributed by atoms with van der Waals surface area (Å²) in [7, 11) is -3.62. The molecule has 1 amide bonds. The van der Waals surface area contributed by atoms with E-state index in [1.54, 1.807) is 32.0 Å². The Kier molecular flexibility index (Phi) is 6.07. The van der Waals surface area contributed by atoms with Crippen LogP contribution in [0.2, 0.25) is 0 Å². The largest absolute Gasteiger partial charge is 0.508 e. The smallest absolute Gasteiger partial charge is 0.268 e. The van der Waals surface area contributed by atoms with Crippen LogP contribution in [0.4, 0.5) is 5.13 Å². The fourth-order valence-electron chi connectivity index (χ4n) is 1.95. The first-order chi connectivity index (χ1) is 12.2. The molecule has 0 saturated heterocycles. The topological polar surface area (TPSA) is 133 Å². The van der Waals surface area contributed by atoms with Crippen molar-refractivity contribution in [3.8, 4) is 11.8 Å². The number of hydrogen-bond donors (Lipinski definition) is 2. The second-order valence-electron chi connectivity index (χ2n) is 5.77. The van der Waals surface area contributed by atoms with Crippen molar-refractivity contribution < 1.29 is 18.3 Å². The van der Waals surface area contributed by atoms with Gasteiger partial charge < -0.3 is 5.11 Å². The number of sulfone groups is 1. The summed E-state index contributed by atoms with van der Waals surface area (Å²) >= 11 is 0.726. The molecular formula is C16H16N4O4S2. The Bertz CT molecular complexity index is 970. The van der Waals surface area contributed by atoms with Crippen molar-refractivity contribution in [2.75, 3.05) is 11.1 Å². The van der Waals surface area contributed by atoms with Crippen LogP contribution in [0.15, 0.2) is 35.0 Å². The Morgan fingerprint density at radius 2 is 2.04 bits per heavy atom. The summed E-state index contributed by atoms with van der Waals surface area (Å²) in [4.78, 5) is 16.0. The molecule has 0 aliphatic heterocycles. The zero-order valence-electron chi connectivity index (χ0n) is 14.0. The van der Waals surface area contributed by atoms with Crippen molar-refractivity contribution in [1.82, 2.24) is 9.36 Å². The number of nitriles is 1. The summed E-state index contributed by atoms with van der Waals surface area (Å²) in [6, 6.07) is 7.71. The van der Waals surface area contributed by atoms with Crippen LogP contribution in [0.25, 0.3) is 6.08 Å². The lowest BCUT2D eigenvalue weighted by atomic mass is 10.1. The lowest BCUT2D eigenvalue weighted by molar-refractivity contribution is -0.112. The van der Waals surface area contributed by atoms with Crippen LogP contribution in [0.1, 0.15) is 19.4 Å². The molecule has 1 aromatic carbocycles. The molecule has 0 unspecified atom stereocenters. The highest BCUT2D eigenvalue weighted by Gasteiger charge is 2.23. The SMILES string of the molecule is CC(C)CS(=O)(=O)c1nsc(NC(=O)/C(C#N)=C\c2ccc(O)cc2)n1. The van der Waals surface area contributed by atoms with Crippen LogP contribution in [-0.2, 0) is 14.6 Å². The van der Waals surface area contributed by atoms with E-state index in [0.717, 1.165) is 11.5 Å². The molecule has 0 aliphatic carbocycles. The summed E-state index contributed by atoms with van der Waals surface area (Å²) in [6.07, 6.45) is 1.34. The third kappa shape index (κ3) is 5.11. The quantitative estimate of drug-likeness (QED) is 0.569. The molecule has 136 valence electrons.